The summed E-state index contributed by atoms with van der Waals surface area (Å²) in [4.78, 5) is 0. The predicted octanol–water partition coefficient (Wildman–Crippen LogP) is 1.84. The zero-order valence-electron chi connectivity index (χ0n) is 5.84. The highest BCUT2D eigenvalue weighted by Crippen LogP contribution is 2.15. The molecule has 0 amide bonds. The molecular weight excluding hydrogens is 186 g/mol. The fraction of sp³-hybridized carbons (Fsp3) is 0. The lowest BCUT2D eigenvalue weighted by molar-refractivity contribution is 0.584. The Morgan fingerprint density at radius 2 is 1.83 bits per heavy atom. The average Bonchev–Trinajstić information content (AvgIpc) is 1.97. The zero-order chi connectivity index (χ0) is 8.43. The molecule has 5 heteroatoms. The van der Waals surface area contributed by atoms with Gasteiger partial charge in [-0.15, -0.1) is 12.4 Å². The highest BCUT2D eigenvalue weighted by molar-refractivity contribution is 5.85. The number of nitriles is 1. The van der Waals surface area contributed by atoms with Crippen LogP contribution in [0.5, 0.6) is 0 Å². The van der Waals surface area contributed by atoms with Crippen LogP contribution in [-0.4, -0.2) is 0 Å². The van der Waals surface area contributed by atoms with Crippen LogP contribution >= 0.6 is 12.4 Å². The first-order valence-corrected chi connectivity index (χ1v) is 2.79. The standard InChI is InChI=1S/C7H4F2N2.ClH/c8-5-2-6(9)7(11)1-4(5)3-10;/h1-2H,11H2;1H. The maximum absolute atomic E-state index is 12.5. The van der Waals surface area contributed by atoms with Gasteiger partial charge in [0.25, 0.3) is 0 Å². The topological polar surface area (TPSA) is 49.8 Å². The van der Waals surface area contributed by atoms with Crippen LogP contribution in [0.1, 0.15) is 5.56 Å². The second-order valence-corrected chi connectivity index (χ2v) is 1.97. The monoisotopic (exact) mass is 190 g/mol. The zero-order valence-corrected chi connectivity index (χ0v) is 6.66. The molecule has 0 unspecified atom stereocenters. The van der Waals surface area contributed by atoms with Gasteiger partial charge >= 0.3 is 0 Å². The van der Waals surface area contributed by atoms with Gasteiger partial charge in [0.2, 0.25) is 0 Å². The molecule has 1 aromatic rings. The highest BCUT2D eigenvalue weighted by atomic mass is 35.5. The van der Waals surface area contributed by atoms with E-state index in [1.165, 1.54) is 0 Å². The van der Waals surface area contributed by atoms with E-state index in [4.69, 9.17) is 11.0 Å². The summed E-state index contributed by atoms with van der Waals surface area (Å²) in [5, 5.41) is 8.27. The third-order valence-electron chi connectivity index (χ3n) is 1.21. The summed E-state index contributed by atoms with van der Waals surface area (Å²) in [5.74, 6) is -1.74. The Labute approximate surface area is 74.0 Å². The summed E-state index contributed by atoms with van der Waals surface area (Å²) in [6.07, 6.45) is 0. The van der Waals surface area contributed by atoms with E-state index in [0.717, 1.165) is 6.07 Å². The SMILES string of the molecule is Cl.N#Cc1cc(N)c(F)cc1F. The van der Waals surface area contributed by atoms with E-state index >= 15 is 0 Å². The Kier molecular flexibility index (Phi) is 3.45. The lowest BCUT2D eigenvalue weighted by atomic mass is 10.2. The number of halogens is 3. The van der Waals surface area contributed by atoms with E-state index in [1.54, 1.807) is 6.07 Å². The summed E-state index contributed by atoms with van der Waals surface area (Å²) in [6.45, 7) is 0. The van der Waals surface area contributed by atoms with Crippen molar-refractivity contribution in [1.82, 2.24) is 0 Å². The van der Waals surface area contributed by atoms with Crippen molar-refractivity contribution >= 4 is 18.1 Å². The molecular formula is C7H5ClF2N2. The molecule has 0 aliphatic rings. The van der Waals surface area contributed by atoms with Gasteiger partial charge in [-0.1, -0.05) is 0 Å². The van der Waals surface area contributed by atoms with Crippen LogP contribution in [0.25, 0.3) is 0 Å². The quantitative estimate of drug-likeness (QED) is 0.635. The van der Waals surface area contributed by atoms with Crippen LogP contribution in [0.15, 0.2) is 12.1 Å². The number of hydrogen-bond donors (Lipinski definition) is 1. The van der Waals surface area contributed by atoms with Crippen LogP contribution in [0.2, 0.25) is 0 Å². The number of nitrogens with zero attached hydrogens (tertiary/aromatic N) is 1. The molecule has 2 N–H and O–H groups in total. The molecule has 1 rings (SSSR count). The number of rotatable bonds is 0. The van der Waals surface area contributed by atoms with Gasteiger partial charge in [-0.2, -0.15) is 5.26 Å². The first kappa shape index (κ1) is 10.7. The van der Waals surface area contributed by atoms with Gasteiger partial charge < -0.3 is 5.73 Å². The molecule has 0 saturated carbocycles. The van der Waals surface area contributed by atoms with Gasteiger partial charge in [0.1, 0.15) is 17.7 Å². The number of hydrogen-bond acceptors (Lipinski definition) is 2. The largest absolute Gasteiger partial charge is 0.396 e. The Morgan fingerprint density at radius 3 is 2.33 bits per heavy atom. The van der Waals surface area contributed by atoms with Gasteiger partial charge in [-0.25, -0.2) is 8.78 Å². The first-order valence-electron chi connectivity index (χ1n) is 2.79. The van der Waals surface area contributed by atoms with Crippen molar-refractivity contribution in [3.63, 3.8) is 0 Å². The van der Waals surface area contributed by atoms with Crippen molar-refractivity contribution in [1.29, 1.82) is 5.26 Å². The van der Waals surface area contributed by atoms with Gasteiger partial charge in [0.05, 0.1) is 11.3 Å². The molecule has 0 radical (unpaired) electrons. The molecule has 0 fully saturated rings. The van der Waals surface area contributed by atoms with Crippen molar-refractivity contribution in [2.24, 2.45) is 0 Å². The smallest absolute Gasteiger partial charge is 0.149 e. The van der Waals surface area contributed by atoms with Crippen molar-refractivity contribution in [3.05, 3.63) is 29.3 Å². The molecule has 2 nitrogen and oxygen atoms in total. The van der Waals surface area contributed by atoms with Gasteiger partial charge in [-0.3, -0.25) is 0 Å². The first-order chi connectivity index (χ1) is 5.15. The second-order valence-electron chi connectivity index (χ2n) is 1.97. The molecule has 0 atom stereocenters. The molecule has 0 saturated heterocycles. The lowest BCUT2D eigenvalue weighted by Gasteiger charge is -1.96. The summed E-state index contributed by atoms with van der Waals surface area (Å²) < 4.78 is 24.9. The Hall–Kier alpha value is -1.34. The third-order valence-corrected chi connectivity index (χ3v) is 1.21. The van der Waals surface area contributed by atoms with Crippen LogP contribution in [0.3, 0.4) is 0 Å². The molecule has 12 heavy (non-hydrogen) atoms. The van der Waals surface area contributed by atoms with E-state index < -0.39 is 11.6 Å². The van der Waals surface area contributed by atoms with E-state index in [1.807, 2.05) is 0 Å². The number of nitrogen functional groups attached to an aromatic ring is 1. The summed E-state index contributed by atoms with van der Waals surface area (Å²) in [7, 11) is 0. The van der Waals surface area contributed by atoms with Crippen LogP contribution < -0.4 is 5.73 Å². The van der Waals surface area contributed by atoms with Crippen LogP contribution in [0.4, 0.5) is 14.5 Å². The molecule has 0 bridgehead atoms. The number of anilines is 1. The third kappa shape index (κ3) is 1.83. The predicted molar refractivity (Wildman–Crippen MR) is 42.7 cm³/mol. The van der Waals surface area contributed by atoms with Crippen molar-refractivity contribution < 1.29 is 8.78 Å². The number of benzene rings is 1. The molecule has 1 aromatic carbocycles. The average molecular weight is 191 g/mol. The maximum atomic E-state index is 12.5. The van der Waals surface area contributed by atoms with Gasteiger partial charge in [0.15, 0.2) is 0 Å². The molecule has 0 heterocycles. The fourth-order valence-electron chi connectivity index (χ4n) is 0.651. The van der Waals surface area contributed by atoms with Gasteiger partial charge in [0, 0.05) is 6.07 Å². The Bertz CT molecular complexity index is 333. The minimum Gasteiger partial charge on any atom is -0.396 e. The van der Waals surface area contributed by atoms with E-state index in [9.17, 15) is 8.78 Å². The van der Waals surface area contributed by atoms with E-state index in [0.29, 0.717) is 6.07 Å². The van der Waals surface area contributed by atoms with Crippen LogP contribution in [-0.2, 0) is 0 Å². The summed E-state index contributed by atoms with van der Waals surface area (Å²) in [5.41, 5.74) is 4.61. The number of nitrogens with two attached hydrogens (primary N) is 1. The van der Waals surface area contributed by atoms with Crippen molar-refractivity contribution in [2.75, 3.05) is 5.73 Å². The fourth-order valence-corrected chi connectivity index (χ4v) is 0.651. The Balaban J connectivity index is 0.00000121. The Morgan fingerprint density at radius 1 is 1.25 bits per heavy atom. The van der Waals surface area contributed by atoms with E-state index in [-0.39, 0.29) is 23.7 Å². The highest BCUT2D eigenvalue weighted by Gasteiger charge is 2.05. The van der Waals surface area contributed by atoms with Gasteiger partial charge in [-0.05, 0) is 6.07 Å². The van der Waals surface area contributed by atoms with Crippen molar-refractivity contribution in [3.8, 4) is 6.07 Å². The normalized spacial score (nSPS) is 8.42. The summed E-state index contributed by atoms with van der Waals surface area (Å²) >= 11 is 0. The van der Waals surface area contributed by atoms with Crippen molar-refractivity contribution in [2.45, 2.75) is 0 Å². The maximum Gasteiger partial charge on any atom is 0.149 e. The molecule has 0 aliphatic heterocycles. The van der Waals surface area contributed by atoms with E-state index in [2.05, 4.69) is 0 Å². The minimum absolute atomic E-state index is 0. The minimum atomic E-state index is -0.890. The molecule has 0 spiro atoms. The molecule has 64 valence electrons. The van der Waals surface area contributed by atoms with Crippen LogP contribution in [0, 0.1) is 23.0 Å². The second kappa shape index (κ2) is 3.88. The lowest BCUT2D eigenvalue weighted by Crippen LogP contribution is -1.94. The summed E-state index contributed by atoms with van der Waals surface area (Å²) in [6, 6.07) is 3.10. The molecule has 0 aliphatic carbocycles. The molecule has 0 aromatic heterocycles.